The lowest BCUT2D eigenvalue weighted by Crippen LogP contribution is -2.50. The first-order chi connectivity index (χ1) is 7.31. The molecule has 2 rings (SSSR count). The van der Waals surface area contributed by atoms with Crippen molar-refractivity contribution in [1.29, 1.82) is 0 Å². The quantitative estimate of drug-likeness (QED) is 0.807. The molecule has 4 nitrogen and oxygen atoms in total. The summed E-state index contributed by atoms with van der Waals surface area (Å²) in [7, 11) is 0. The average Bonchev–Trinajstić information content (AvgIpc) is 2.82. The number of rotatable bonds is 2. The molecule has 0 aromatic carbocycles. The van der Waals surface area contributed by atoms with Gasteiger partial charge in [0.15, 0.2) is 0 Å². The van der Waals surface area contributed by atoms with Crippen LogP contribution in [-0.2, 0) is 4.79 Å². The molecule has 0 radical (unpaired) electrons. The van der Waals surface area contributed by atoms with E-state index < -0.39 is 0 Å². The summed E-state index contributed by atoms with van der Waals surface area (Å²) in [4.78, 5) is 16.5. The SMILES string of the molecule is CCN1CCN(C(=O)[C@H]2CCNC2)CC1.Cl.Cl. The molecule has 2 heterocycles. The fourth-order valence-electron chi connectivity index (χ4n) is 2.41. The Morgan fingerprint density at radius 3 is 2.35 bits per heavy atom. The number of nitrogens with zero attached hydrogens (tertiary/aromatic N) is 2. The van der Waals surface area contributed by atoms with Crippen LogP contribution in [0.15, 0.2) is 0 Å². The predicted octanol–water partition coefficient (Wildman–Crippen LogP) is 0.604. The molecule has 0 spiro atoms. The Bertz CT molecular complexity index is 227. The summed E-state index contributed by atoms with van der Waals surface area (Å²) < 4.78 is 0. The number of nitrogens with one attached hydrogen (secondary N) is 1. The molecule has 17 heavy (non-hydrogen) atoms. The smallest absolute Gasteiger partial charge is 0.227 e. The van der Waals surface area contributed by atoms with E-state index in [4.69, 9.17) is 0 Å². The van der Waals surface area contributed by atoms with Gasteiger partial charge in [0.1, 0.15) is 0 Å². The molecule has 0 unspecified atom stereocenters. The largest absolute Gasteiger partial charge is 0.340 e. The van der Waals surface area contributed by atoms with Gasteiger partial charge in [0.05, 0.1) is 5.92 Å². The van der Waals surface area contributed by atoms with E-state index in [-0.39, 0.29) is 30.7 Å². The summed E-state index contributed by atoms with van der Waals surface area (Å²) in [5.41, 5.74) is 0. The van der Waals surface area contributed by atoms with Crippen LogP contribution in [-0.4, -0.2) is 61.5 Å². The molecule has 6 heteroatoms. The monoisotopic (exact) mass is 283 g/mol. The Kier molecular flexibility index (Phi) is 8.12. The Labute approximate surface area is 116 Å². The van der Waals surface area contributed by atoms with Crippen molar-refractivity contribution in [1.82, 2.24) is 15.1 Å². The highest BCUT2D eigenvalue weighted by molar-refractivity contribution is 5.85. The molecule has 0 saturated carbocycles. The number of likely N-dealkylation sites (N-methyl/N-ethyl adjacent to an activating group) is 1. The van der Waals surface area contributed by atoms with Gasteiger partial charge < -0.3 is 15.1 Å². The van der Waals surface area contributed by atoms with E-state index in [0.717, 1.165) is 52.2 Å². The van der Waals surface area contributed by atoms with E-state index in [9.17, 15) is 4.79 Å². The molecule has 1 N–H and O–H groups in total. The van der Waals surface area contributed by atoms with Crippen LogP contribution in [0.1, 0.15) is 13.3 Å². The van der Waals surface area contributed by atoms with Crippen molar-refractivity contribution in [2.75, 3.05) is 45.8 Å². The van der Waals surface area contributed by atoms with Crippen molar-refractivity contribution in [3.8, 4) is 0 Å². The van der Waals surface area contributed by atoms with Gasteiger partial charge in [-0.25, -0.2) is 0 Å². The van der Waals surface area contributed by atoms with E-state index in [1.165, 1.54) is 0 Å². The molecule has 0 aromatic rings. The van der Waals surface area contributed by atoms with Gasteiger partial charge in [-0.3, -0.25) is 4.79 Å². The van der Waals surface area contributed by atoms with Gasteiger partial charge >= 0.3 is 0 Å². The van der Waals surface area contributed by atoms with Gasteiger partial charge in [0.2, 0.25) is 5.91 Å². The molecular weight excluding hydrogens is 261 g/mol. The highest BCUT2D eigenvalue weighted by Crippen LogP contribution is 2.13. The zero-order valence-corrected chi connectivity index (χ0v) is 12.0. The minimum absolute atomic E-state index is 0. The maximum Gasteiger partial charge on any atom is 0.227 e. The highest BCUT2D eigenvalue weighted by atomic mass is 35.5. The Balaban J connectivity index is 0.00000128. The summed E-state index contributed by atoms with van der Waals surface area (Å²) in [6.07, 6.45) is 1.02. The van der Waals surface area contributed by atoms with E-state index in [0.29, 0.717) is 5.91 Å². The first-order valence-electron chi connectivity index (χ1n) is 6.03. The van der Waals surface area contributed by atoms with Crippen molar-refractivity contribution in [2.24, 2.45) is 5.92 Å². The molecule has 2 aliphatic heterocycles. The molecule has 2 aliphatic rings. The van der Waals surface area contributed by atoms with Crippen LogP contribution in [0.5, 0.6) is 0 Å². The number of hydrogen-bond donors (Lipinski definition) is 1. The Morgan fingerprint density at radius 1 is 1.24 bits per heavy atom. The Hall–Kier alpha value is -0.0300. The van der Waals surface area contributed by atoms with E-state index in [2.05, 4.69) is 17.1 Å². The van der Waals surface area contributed by atoms with Crippen molar-refractivity contribution in [3.05, 3.63) is 0 Å². The maximum absolute atomic E-state index is 12.1. The molecule has 2 saturated heterocycles. The molecule has 0 aromatic heterocycles. The predicted molar refractivity (Wildman–Crippen MR) is 74.2 cm³/mol. The number of piperazine rings is 1. The fraction of sp³-hybridized carbons (Fsp3) is 0.909. The van der Waals surface area contributed by atoms with Crippen LogP contribution in [0, 0.1) is 5.92 Å². The third-order valence-corrected chi connectivity index (χ3v) is 3.54. The second-order valence-electron chi connectivity index (χ2n) is 4.45. The molecule has 1 atom stereocenters. The summed E-state index contributed by atoms with van der Waals surface area (Å²) in [6, 6.07) is 0. The third kappa shape index (κ3) is 4.28. The van der Waals surface area contributed by atoms with Crippen LogP contribution < -0.4 is 5.32 Å². The maximum atomic E-state index is 12.1. The van der Waals surface area contributed by atoms with Crippen molar-refractivity contribution >= 4 is 30.7 Å². The van der Waals surface area contributed by atoms with Gasteiger partial charge in [0.25, 0.3) is 0 Å². The molecule has 102 valence electrons. The van der Waals surface area contributed by atoms with Crippen LogP contribution >= 0.6 is 24.8 Å². The summed E-state index contributed by atoms with van der Waals surface area (Å²) in [5, 5.41) is 3.25. The van der Waals surface area contributed by atoms with E-state index >= 15 is 0 Å². The van der Waals surface area contributed by atoms with Gasteiger partial charge in [0, 0.05) is 32.7 Å². The van der Waals surface area contributed by atoms with Gasteiger partial charge in [-0.1, -0.05) is 6.92 Å². The summed E-state index contributed by atoms with van der Waals surface area (Å²) in [6.45, 7) is 9.10. The van der Waals surface area contributed by atoms with Crippen LogP contribution in [0.25, 0.3) is 0 Å². The van der Waals surface area contributed by atoms with E-state index in [1.807, 2.05) is 4.90 Å². The zero-order chi connectivity index (χ0) is 10.7. The summed E-state index contributed by atoms with van der Waals surface area (Å²) >= 11 is 0. The molecule has 0 aliphatic carbocycles. The topological polar surface area (TPSA) is 35.6 Å². The molecule has 2 fully saturated rings. The lowest BCUT2D eigenvalue weighted by molar-refractivity contribution is -0.136. The van der Waals surface area contributed by atoms with Crippen LogP contribution in [0.2, 0.25) is 0 Å². The van der Waals surface area contributed by atoms with Gasteiger partial charge in [-0.2, -0.15) is 0 Å². The standard InChI is InChI=1S/C11H21N3O.2ClH/c1-2-13-5-7-14(8-6-13)11(15)10-3-4-12-9-10;;/h10,12H,2-9H2,1H3;2*1H/t10-;;/m0../s1. The molecular formula is C11H23Cl2N3O. The average molecular weight is 284 g/mol. The second-order valence-corrected chi connectivity index (χ2v) is 4.45. The normalized spacial score (nSPS) is 25.0. The number of halogens is 2. The lowest BCUT2D eigenvalue weighted by atomic mass is 10.1. The first kappa shape index (κ1) is 17.0. The van der Waals surface area contributed by atoms with Crippen LogP contribution in [0.4, 0.5) is 0 Å². The van der Waals surface area contributed by atoms with Crippen molar-refractivity contribution < 1.29 is 4.79 Å². The van der Waals surface area contributed by atoms with Crippen LogP contribution in [0.3, 0.4) is 0 Å². The van der Waals surface area contributed by atoms with Crippen molar-refractivity contribution in [3.63, 3.8) is 0 Å². The fourth-order valence-corrected chi connectivity index (χ4v) is 2.41. The third-order valence-electron chi connectivity index (χ3n) is 3.54. The second kappa shape index (κ2) is 8.14. The van der Waals surface area contributed by atoms with E-state index in [1.54, 1.807) is 0 Å². The Morgan fingerprint density at radius 2 is 1.88 bits per heavy atom. The summed E-state index contributed by atoms with van der Waals surface area (Å²) in [5.74, 6) is 0.619. The number of amides is 1. The number of carbonyl (C=O) groups is 1. The zero-order valence-electron chi connectivity index (χ0n) is 10.4. The molecule has 1 amide bonds. The minimum Gasteiger partial charge on any atom is -0.340 e. The highest BCUT2D eigenvalue weighted by Gasteiger charge is 2.28. The van der Waals surface area contributed by atoms with Gasteiger partial charge in [-0.15, -0.1) is 24.8 Å². The number of carbonyl (C=O) groups excluding carboxylic acids is 1. The van der Waals surface area contributed by atoms with Crippen molar-refractivity contribution in [2.45, 2.75) is 13.3 Å². The minimum atomic E-state index is 0. The lowest BCUT2D eigenvalue weighted by Gasteiger charge is -2.35. The first-order valence-corrected chi connectivity index (χ1v) is 6.03. The van der Waals surface area contributed by atoms with Gasteiger partial charge in [-0.05, 0) is 19.5 Å². The number of hydrogen-bond acceptors (Lipinski definition) is 3. The molecule has 0 bridgehead atoms.